The van der Waals surface area contributed by atoms with Crippen LogP contribution in [0.25, 0.3) is 0 Å². The van der Waals surface area contributed by atoms with E-state index in [0.717, 1.165) is 0 Å². The molecule has 13 heteroatoms. The summed E-state index contributed by atoms with van der Waals surface area (Å²) in [6, 6.07) is 0. The van der Waals surface area contributed by atoms with Crippen LogP contribution in [0.3, 0.4) is 0 Å². The van der Waals surface area contributed by atoms with Crippen molar-refractivity contribution in [1.82, 2.24) is 12.3 Å². The molecule has 0 heterocycles. The molecule has 6 radical (unpaired) electrons. The third-order valence-corrected chi connectivity index (χ3v) is 0. The van der Waals surface area contributed by atoms with Gasteiger partial charge in [-0.1, -0.05) is 0 Å². The number of nitrogens with zero attached hydrogens (tertiary/aromatic N) is 4. The van der Waals surface area contributed by atoms with E-state index < -0.39 is 10.2 Å². The van der Waals surface area contributed by atoms with E-state index in [2.05, 4.69) is 0 Å². The van der Waals surface area contributed by atoms with Crippen molar-refractivity contribution in [3.63, 3.8) is 0 Å². The molecule has 0 spiro atoms. The van der Waals surface area contributed by atoms with E-state index in [9.17, 15) is 0 Å². The van der Waals surface area contributed by atoms with Gasteiger partial charge in [0.05, 0.1) is 10.2 Å². The summed E-state index contributed by atoms with van der Waals surface area (Å²) < 4.78 is 0. The van der Waals surface area contributed by atoms with Crippen LogP contribution in [0.2, 0.25) is 0 Å². The molecule has 0 bridgehead atoms. The summed E-state index contributed by atoms with van der Waals surface area (Å²) in [7, 11) is 0. The van der Waals surface area contributed by atoms with Gasteiger partial charge in [-0.15, -0.1) is 0 Å². The first-order valence-corrected chi connectivity index (χ1v) is 1.10. The van der Waals surface area contributed by atoms with E-state index in [4.69, 9.17) is 30.6 Å². The summed E-state index contributed by atoms with van der Waals surface area (Å²) in [6.45, 7) is 0. The van der Waals surface area contributed by atoms with Crippen molar-refractivity contribution < 1.29 is 42.2 Å². The number of hydrogen-bond acceptors (Lipinski definition) is 8. The Morgan fingerprint density at radius 2 is 0.692 bits per heavy atom. The van der Waals surface area contributed by atoms with Crippen LogP contribution in [0.1, 0.15) is 0 Å². The van der Waals surface area contributed by atoms with E-state index >= 15 is 0 Å². The van der Waals surface area contributed by atoms with E-state index in [-0.39, 0.29) is 44.3 Å². The smallest absolute Gasteiger partial charge is 0.870 e. The van der Waals surface area contributed by atoms with Gasteiger partial charge in [-0.25, -0.2) is 0 Å². The van der Waals surface area contributed by atoms with Gasteiger partial charge in [0.1, 0.15) is 0 Å². The molecule has 0 fully saturated rings. The average Bonchev–Trinajstić information content (AvgIpc) is 1.25. The van der Waals surface area contributed by atoms with Crippen LogP contribution in [0.5, 0.6) is 0 Å². The van der Waals surface area contributed by atoms with Crippen LogP contribution in [-0.2, 0) is 21.1 Å². The first-order valence-electron chi connectivity index (χ1n) is 1.10. The van der Waals surface area contributed by atoms with E-state index in [1.807, 2.05) is 0 Å². The van der Waals surface area contributed by atoms with Gasteiger partial charge in [-0.3, -0.25) is 0 Å². The largest absolute Gasteiger partial charge is 4.00 e. The molecule has 0 aliphatic rings. The number of rotatable bonds is 0. The summed E-state index contributed by atoms with van der Waals surface area (Å²) >= 11 is 0. The predicted molar refractivity (Wildman–Crippen MR) is 28.9 cm³/mol. The minimum Gasteiger partial charge on any atom is -0.870 e. The summed E-state index contributed by atoms with van der Waals surface area (Å²) in [5.74, 6) is 0. The standard InChI is InChI=1S/2NO3.2N.2H2O.Pt/c2*2-1(3)4;;;;;/h;;;;2*1H2;/q2*-1;;;;;+4/p-2. The Bertz CT molecular complexity index is 74.1. The van der Waals surface area contributed by atoms with Crippen molar-refractivity contribution in [2.24, 2.45) is 0 Å². The molecule has 0 rings (SSSR count). The van der Waals surface area contributed by atoms with Crippen molar-refractivity contribution in [3.05, 3.63) is 30.6 Å². The zero-order chi connectivity index (χ0) is 7.15. The van der Waals surface area contributed by atoms with Crippen LogP contribution >= 0.6 is 0 Å². The molecule has 0 aromatic heterocycles. The summed E-state index contributed by atoms with van der Waals surface area (Å²) in [5.41, 5.74) is 0. The Kier molecular flexibility index (Phi) is 200. The fourth-order valence-corrected chi connectivity index (χ4v) is 0. The molecule has 0 aliphatic heterocycles. The molecule has 0 aromatic carbocycles. The van der Waals surface area contributed by atoms with Crippen LogP contribution in [0.4, 0.5) is 0 Å². The maximum Gasteiger partial charge on any atom is 4.00 e. The minimum atomic E-state index is -1.75. The first-order chi connectivity index (χ1) is 3.46. The topological polar surface area (TPSA) is 253 Å². The molecule has 0 aromatic rings. The van der Waals surface area contributed by atoms with Crippen LogP contribution < -0.4 is 12.3 Å². The molecule has 0 amide bonds. The molecule has 0 aliphatic carbocycles. The van der Waals surface area contributed by atoms with Crippen LogP contribution in [0, 0.1) is 30.6 Å². The zero-order valence-corrected chi connectivity index (χ0v) is 7.72. The van der Waals surface area contributed by atoms with Crippen molar-refractivity contribution >= 4 is 0 Å². The Morgan fingerprint density at radius 3 is 0.692 bits per heavy atom. The monoisotopic (exact) mass is 381 g/mol. The summed E-state index contributed by atoms with van der Waals surface area (Å²) in [4.78, 5) is 16.5. The van der Waals surface area contributed by atoms with Gasteiger partial charge >= 0.3 is 21.1 Å². The second kappa shape index (κ2) is 44.4. The van der Waals surface area contributed by atoms with Gasteiger partial charge < -0.3 is 41.6 Å². The maximum atomic E-state index is 8.25. The van der Waals surface area contributed by atoms with Gasteiger partial charge in [0.15, 0.2) is 0 Å². The molecule has 12 nitrogen and oxygen atoms in total. The maximum absolute atomic E-state index is 8.25. The molecule has 2 N–H and O–H groups in total. The normalized spacial score (nSPS) is 3.69. The Hall–Kier alpha value is -1.07. The third kappa shape index (κ3) is 758. The molecular weight excluding hydrogens is 379 g/mol. The Morgan fingerprint density at radius 1 is 0.692 bits per heavy atom. The zero-order valence-electron chi connectivity index (χ0n) is 5.45. The summed E-state index contributed by atoms with van der Waals surface area (Å²) in [6.07, 6.45) is 0. The molecule has 0 unspecified atom stereocenters. The minimum absolute atomic E-state index is 0. The molecule has 80 valence electrons. The second-order valence-electron chi connectivity index (χ2n) is 0.447. The quantitative estimate of drug-likeness (QED) is 0.341. The Balaban J connectivity index is -0.00000000800. The van der Waals surface area contributed by atoms with Gasteiger partial charge in [0, 0.05) is 12.3 Å². The van der Waals surface area contributed by atoms with Gasteiger partial charge in [-0.2, -0.15) is 0 Å². The first kappa shape index (κ1) is 58.7. The molecule has 0 saturated heterocycles. The van der Waals surface area contributed by atoms with Gasteiger partial charge in [-0.05, 0) is 0 Å². The second-order valence-corrected chi connectivity index (χ2v) is 0.447. The average molecular weight is 381 g/mol. The summed E-state index contributed by atoms with van der Waals surface area (Å²) in [5, 5.41) is 29.5. The molecule has 13 heavy (non-hydrogen) atoms. The fraction of sp³-hybridized carbons (Fsp3) is 0. The van der Waals surface area contributed by atoms with Crippen molar-refractivity contribution in [3.8, 4) is 0 Å². The van der Waals surface area contributed by atoms with E-state index in [1.54, 1.807) is 0 Å². The van der Waals surface area contributed by atoms with E-state index in [1.165, 1.54) is 0 Å². The Labute approximate surface area is 85.8 Å². The predicted octanol–water partition coefficient (Wildman–Crippen LogP) is -1.80. The van der Waals surface area contributed by atoms with Crippen LogP contribution in [0.15, 0.2) is 0 Å². The molecule has 0 saturated carbocycles. The fourth-order valence-electron chi connectivity index (χ4n) is 0. The van der Waals surface area contributed by atoms with Crippen LogP contribution in [-0.4, -0.2) is 21.1 Å². The van der Waals surface area contributed by atoms with Crippen molar-refractivity contribution in [2.45, 2.75) is 0 Å². The van der Waals surface area contributed by atoms with Gasteiger partial charge in [0.25, 0.3) is 0 Å². The van der Waals surface area contributed by atoms with Gasteiger partial charge in [0.2, 0.25) is 0 Å². The van der Waals surface area contributed by atoms with E-state index in [0.29, 0.717) is 0 Å². The SMILES string of the molecule is O=[N+]([O-])[O-].O=[N+]([O-])[O-].[N].[N].[OH-].[OH-].[Pt+4]. The molecule has 0 atom stereocenters. The molecular formula is H2N4O8Pt. The third-order valence-electron chi connectivity index (χ3n) is 0. The van der Waals surface area contributed by atoms with Crippen molar-refractivity contribution in [1.29, 1.82) is 0 Å². The number of hydrogen-bond donors (Lipinski definition) is 0. The van der Waals surface area contributed by atoms with Crippen molar-refractivity contribution in [2.75, 3.05) is 0 Å².